The number of ether oxygens (including phenoxy) is 1. The van der Waals surface area contributed by atoms with Gasteiger partial charge in [-0.1, -0.05) is 6.07 Å². The van der Waals surface area contributed by atoms with Gasteiger partial charge in [0, 0.05) is 22.6 Å². The highest BCUT2D eigenvalue weighted by Gasteiger charge is 2.21. The van der Waals surface area contributed by atoms with E-state index in [0.717, 1.165) is 33.2 Å². The first kappa shape index (κ1) is 25.0. The first-order chi connectivity index (χ1) is 16.0. The van der Waals surface area contributed by atoms with Crippen molar-refractivity contribution >= 4 is 27.8 Å². The van der Waals surface area contributed by atoms with Crippen LogP contribution in [-0.2, 0) is 14.8 Å². The zero-order valence-corrected chi connectivity index (χ0v) is 21.1. The number of nitrogens with one attached hydrogen (secondary N) is 1. The molecule has 3 rings (SSSR count). The first-order valence-electron chi connectivity index (χ1n) is 10.7. The molecule has 0 aliphatic carbocycles. The van der Waals surface area contributed by atoms with E-state index in [4.69, 9.17) is 4.74 Å². The summed E-state index contributed by atoms with van der Waals surface area (Å²) >= 11 is 0. The summed E-state index contributed by atoms with van der Waals surface area (Å²) in [5.41, 5.74) is 9.09. The summed E-state index contributed by atoms with van der Waals surface area (Å²) in [4.78, 5) is 12.5. The Bertz CT molecular complexity index is 1310. The third kappa shape index (κ3) is 5.85. The normalized spacial score (nSPS) is 11.6. The number of carbonyl (C=O) groups excluding carboxylic acids is 1. The van der Waals surface area contributed by atoms with Crippen molar-refractivity contribution in [2.24, 2.45) is 5.10 Å². The molecular formula is C25H30N4O4S. The Balaban J connectivity index is 1.75. The maximum Gasteiger partial charge on any atom is 0.260 e. The second-order valence-electron chi connectivity index (χ2n) is 8.27. The van der Waals surface area contributed by atoms with Gasteiger partial charge in [0.1, 0.15) is 12.3 Å². The summed E-state index contributed by atoms with van der Waals surface area (Å²) in [5.74, 6) is 0.0327. The Morgan fingerprint density at radius 1 is 1.06 bits per heavy atom. The number of aromatic nitrogens is 1. The Kier molecular flexibility index (Phi) is 7.46. The van der Waals surface area contributed by atoms with Crippen LogP contribution < -0.4 is 14.5 Å². The van der Waals surface area contributed by atoms with Crippen molar-refractivity contribution in [3.8, 4) is 11.4 Å². The fraction of sp³-hybridized carbons (Fsp3) is 0.280. The predicted octanol–water partition coefficient (Wildman–Crippen LogP) is 3.64. The van der Waals surface area contributed by atoms with Crippen molar-refractivity contribution in [2.75, 3.05) is 24.2 Å². The molecule has 1 amide bonds. The summed E-state index contributed by atoms with van der Waals surface area (Å²) in [7, 11) is -2.16. The summed E-state index contributed by atoms with van der Waals surface area (Å²) < 4.78 is 32.8. The largest absolute Gasteiger partial charge is 0.497 e. The zero-order valence-electron chi connectivity index (χ0n) is 20.3. The van der Waals surface area contributed by atoms with Gasteiger partial charge in [0.15, 0.2) is 0 Å². The van der Waals surface area contributed by atoms with Crippen LogP contribution in [0.15, 0.2) is 53.6 Å². The fourth-order valence-electron chi connectivity index (χ4n) is 3.88. The van der Waals surface area contributed by atoms with Crippen LogP contribution in [0.25, 0.3) is 5.69 Å². The third-order valence-electron chi connectivity index (χ3n) is 5.38. The second kappa shape index (κ2) is 10.1. The van der Waals surface area contributed by atoms with Crippen molar-refractivity contribution < 1.29 is 17.9 Å². The lowest BCUT2D eigenvalue weighted by Crippen LogP contribution is -2.39. The predicted molar refractivity (Wildman–Crippen MR) is 136 cm³/mol. The zero-order chi connectivity index (χ0) is 25.0. The molecule has 1 heterocycles. The number of rotatable bonds is 8. The van der Waals surface area contributed by atoms with Crippen LogP contribution in [0.4, 0.5) is 5.69 Å². The number of amides is 1. The molecule has 1 N–H and O–H groups in total. The molecule has 180 valence electrons. The highest BCUT2D eigenvalue weighted by atomic mass is 32.2. The van der Waals surface area contributed by atoms with Crippen LogP contribution in [0.3, 0.4) is 0 Å². The van der Waals surface area contributed by atoms with E-state index in [-0.39, 0.29) is 0 Å². The number of hydrazone groups is 1. The van der Waals surface area contributed by atoms with E-state index in [9.17, 15) is 13.2 Å². The van der Waals surface area contributed by atoms with Crippen LogP contribution in [0, 0.1) is 27.7 Å². The molecule has 3 aromatic rings. The molecule has 0 bridgehead atoms. The Hall–Kier alpha value is -3.59. The van der Waals surface area contributed by atoms with Gasteiger partial charge >= 0.3 is 0 Å². The van der Waals surface area contributed by atoms with Crippen molar-refractivity contribution in [1.29, 1.82) is 0 Å². The smallest absolute Gasteiger partial charge is 0.260 e. The topological polar surface area (TPSA) is 93.0 Å². The molecule has 2 aromatic carbocycles. The van der Waals surface area contributed by atoms with Crippen molar-refractivity contribution in [2.45, 2.75) is 27.7 Å². The van der Waals surface area contributed by atoms with Crippen molar-refractivity contribution in [1.82, 2.24) is 9.99 Å². The highest BCUT2D eigenvalue weighted by molar-refractivity contribution is 7.92. The number of anilines is 1. The summed E-state index contributed by atoms with van der Waals surface area (Å²) in [6.45, 7) is 7.73. The molecular weight excluding hydrogens is 452 g/mol. The average molecular weight is 483 g/mol. The van der Waals surface area contributed by atoms with Crippen molar-refractivity contribution in [3.05, 3.63) is 76.6 Å². The number of hydrogen-bond donors (Lipinski definition) is 1. The number of nitrogens with zero attached hydrogens (tertiary/aromatic N) is 3. The van der Waals surface area contributed by atoms with E-state index < -0.39 is 22.5 Å². The van der Waals surface area contributed by atoms with E-state index in [1.165, 1.54) is 18.2 Å². The Morgan fingerprint density at radius 2 is 1.68 bits per heavy atom. The monoisotopic (exact) mass is 482 g/mol. The third-order valence-corrected chi connectivity index (χ3v) is 6.52. The molecule has 0 atom stereocenters. The Morgan fingerprint density at radius 3 is 2.24 bits per heavy atom. The lowest BCUT2D eigenvalue weighted by Gasteiger charge is -2.21. The summed E-state index contributed by atoms with van der Waals surface area (Å²) in [6, 6.07) is 14.8. The molecule has 1 aromatic heterocycles. The van der Waals surface area contributed by atoms with Crippen LogP contribution in [0.5, 0.6) is 5.75 Å². The van der Waals surface area contributed by atoms with Gasteiger partial charge in [-0.25, -0.2) is 13.8 Å². The van der Waals surface area contributed by atoms with Crippen LogP contribution in [-0.4, -0.2) is 45.0 Å². The molecule has 34 heavy (non-hydrogen) atoms. The Labute approximate surface area is 200 Å². The summed E-state index contributed by atoms with van der Waals surface area (Å²) in [5, 5.41) is 4.06. The number of benzene rings is 2. The van der Waals surface area contributed by atoms with E-state index in [0.29, 0.717) is 11.4 Å². The van der Waals surface area contributed by atoms with E-state index in [2.05, 4.69) is 47.1 Å². The van der Waals surface area contributed by atoms with Crippen LogP contribution in [0.1, 0.15) is 28.1 Å². The maximum absolute atomic E-state index is 12.5. The molecule has 0 saturated heterocycles. The minimum absolute atomic E-state index is 0.361. The van der Waals surface area contributed by atoms with Gasteiger partial charge in [-0.05, 0) is 81.3 Å². The van der Waals surface area contributed by atoms with Crippen molar-refractivity contribution in [3.63, 3.8) is 0 Å². The van der Waals surface area contributed by atoms with Crippen LogP contribution >= 0.6 is 0 Å². The molecule has 0 aliphatic rings. The quantitative estimate of drug-likeness (QED) is 0.392. The molecule has 8 nitrogen and oxygen atoms in total. The van der Waals surface area contributed by atoms with Gasteiger partial charge in [-0.15, -0.1) is 0 Å². The van der Waals surface area contributed by atoms with E-state index in [1.807, 2.05) is 19.9 Å². The number of sulfonamides is 1. The molecule has 0 unspecified atom stereocenters. The minimum Gasteiger partial charge on any atom is -0.497 e. The number of carbonyl (C=O) groups is 1. The SMILES string of the molecule is COc1ccc(N(CC(=O)N/N=C\c2cc(C)n(-c3cc(C)cc(C)c3)c2C)S(C)(=O)=O)cc1. The molecule has 0 aliphatic heterocycles. The maximum atomic E-state index is 12.5. The number of hydrogen-bond acceptors (Lipinski definition) is 5. The average Bonchev–Trinajstić information content (AvgIpc) is 3.03. The van der Waals surface area contributed by atoms with Gasteiger partial charge in [-0.2, -0.15) is 5.10 Å². The van der Waals surface area contributed by atoms with E-state index in [1.54, 1.807) is 30.5 Å². The molecule has 9 heteroatoms. The molecule has 0 radical (unpaired) electrons. The molecule has 0 fully saturated rings. The van der Waals surface area contributed by atoms with Gasteiger partial charge < -0.3 is 9.30 Å². The van der Waals surface area contributed by atoms with E-state index >= 15 is 0 Å². The first-order valence-corrected chi connectivity index (χ1v) is 12.6. The van der Waals surface area contributed by atoms with Gasteiger partial charge in [-0.3, -0.25) is 9.10 Å². The van der Waals surface area contributed by atoms with Crippen LogP contribution in [0.2, 0.25) is 0 Å². The molecule has 0 spiro atoms. The second-order valence-corrected chi connectivity index (χ2v) is 10.2. The lowest BCUT2D eigenvalue weighted by atomic mass is 10.1. The van der Waals surface area contributed by atoms with Gasteiger partial charge in [0.25, 0.3) is 5.91 Å². The highest BCUT2D eigenvalue weighted by Crippen LogP contribution is 2.23. The molecule has 0 saturated carbocycles. The fourth-order valence-corrected chi connectivity index (χ4v) is 4.74. The summed E-state index contributed by atoms with van der Waals surface area (Å²) in [6.07, 6.45) is 2.62. The van der Waals surface area contributed by atoms with Gasteiger partial charge in [0.2, 0.25) is 10.0 Å². The minimum atomic E-state index is -3.68. The standard InChI is InChI=1S/C25H30N4O4S/c1-17-11-18(2)13-23(12-17)29-19(3)14-21(20(29)4)15-26-27-25(30)16-28(34(6,31)32)22-7-9-24(33-5)10-8-22/h7-15H,16H2,1-6H3,(H,27,30)/b26-15-. The number of aryl methyl sites for hydroxylation is 3. The number of methoxy groups -OCH3 is 1. The lowest BCUT2D eigenvalue weighted by molar-refractivity contribution is -0.119. The van der Waals surface area contributed by atoms with Gasteiger partial charge in [0.05, 0.1) is 25.3 Å².